The fourth-order valence-corrected chi connectivity index (χ4v) is 2.11. The van der Waals surface area contributed by atoms with Gasteiger partial charge in [0.2, 0.25) is 0 Å². The highest BCUT2D eigenvalue weighted by atomic mass is 19.3. The van der Waals surface area contributed by atoms with E-state index in [-0.39, 0.29) is 11.0 Å². The van der Waals surface area contributed by atoms with Crippen molar-refractivity contribution in [3.8, 4) is 5.75 Å². The summed E-state index contributed by atoms with van der Waals surface area (Å²) in [6.45, 7) is 7.16. The third-order valence-corrected chi connectivity index (χ3v) is 2.94. The molecule has 1 nitrogen and oxygen atoms in total. The highest BCUT2D eigenvalue weighted by Crippen LogP contribution is 2.47. The fourth-order valence-electron chi connectivity index (χ4n) is 2.11. The van der Waals surface area contributed by atoms with Gasteiger partial charge < -0.3 is 4.74 Å². The second-order valence-corrected chi connectivity index (χ2v) is 5.38. The van der Waals surface area contributed by atoms with Crippen LogP contribution in [0.3, 0.4) is 0 Å². The third-order valence-electron chi connectivity index (χ3n) is 2.94. The summed E-state index contributed by atoms with van der Waals surface area (Å²) in [5, 5.41) is 0. The Bertz CT molecular complexity index is 430. The standard InChI is InChI=1S/C13H16F2O/c1-8-5-6-9(12(2,3)4)11-10(8)13(14,15)7-16-11/h5-6H,7H2,1-4H3. The number of halogens is 2. The van der Waals surface area contributed by atoms with Gasteiger partial charge in [-0.2, -0.15) is 8.78 Å². The van der Waals surface area contributed by atoms with Gasteiger partial charge in [-0.1, -0.05) is 32.9 Å². The molecule has 0 N–H and O–H groups in total. The van der Waals surface area contributed by atoms with E-state index in [4.69, 9.17) is 4.74 Å². The number of hydrogen-bond acceptors (Lipinski definition) is 1. The van der Waals surface area contributed by atoms with Crippen molar-refractivity contribution in [2.24, 2.45) is 0 Å². The summed E-state index contributed by atoms with van der Waals surface area (Å²) in [6, 6.07) is 3.64. The zero-order valence-corrected chi connectivity index (χ0v) is 10.0. The van der Waals surface area contributed by atoms with Crippen molar-refractivity contribution in [1.29, 1.82) is 0 Å². The largest absolute Gasteiger partial charge is 0.486 e. The molecule has 0 fully saturated rings. The van der Waals surface area contributed by atoms with Gasteiger partial charge in [0, 0.05) is 5.56 Å². The first kappa shape index (κ1) is 11.4. The smallest absolute Gasteiger partial charge is 0.310 e. The van der Waals surface area contributed by atoms with Crippen molar-refractivity contribution in [3.63, 3.8) is 0 Å². The maximum Gasteiger partial charge on any atom is 0.310 e. The van der Waals surface area contributed by atoms with Crippen molar-refractivity contribution >= 4 is 0 Å². The monoisotopic (exact) mass is 226 g/mol. The van der Waals surface area contributed by atoms with Gasteiger partial charge in [0.1, 0.15) is 5.75 Å². The molecule has 0 spiro atoms. The second kappa shape index (κ2) is 3.19. The Morgan fingerprint density at radius 2 is 1.88 bits per heavy atom. The second-order valence-electron chi connectivity index (χ2n) is 5.38. The van der Waals surface area contributed by atoms with Crippen LogP contribution in [-0.2, 0) is 11.3 Å². The predicted molar refractivity (Wildman–Crippen MR) is 59.3 cm³/mol. The maximum atomic E-state index is 13.6. The zero-order chi connectivity index (χ0) is 12.1. The van der Waals surface area contributed by atoms with Gasteiger partial charge in [-0.05, 0) is 17.9 Å². The van der Waals surface area contributed by atoms with Crippen molar-refractivity contribution in [1.82, 2.24) is 0 Å². The number of ether oxygens (including phenoxy) is 1. The third kappa shape index (κ3) is 1.58. The normalized spacial score (nSPS) is 18.1. The van der Waals surface area contributed by atoms with Gasteiger partial charge in [-0.25, -0.2) is 0 Å². The molecule has 3 heteroatoms. The van der Waals surface area contributed by atoms with E-state index in [1.165, 1.54) is 0 Å². The molecule has 0 amide bonds. The van der Waals surface area contributed by atoms with E-state index in [0.29, 0.717) is 11.3 Å². The molecule has 0 unspecified atom stereocenters. The maximum absolute atomic E-state index is 13.6. The van der Waals surface area contributed by atoms with E-state index in [9.17, 15) is 8.78 Å². The van der Waals surface area contributed by atoms with E-state index in [1.807, 2.05) is 26.8 Å². The highest BCUT2D eigenvalue weighted by molar-refractivity contribution is 5.53. The van der Waals surface area contributed by atoms with Gasteiger partial charge in [-0.3, -0.25) is 0 Å². The van der Waals surface area contributed by atoms with Crippen LogP contribution in [0.25, 0.3) is 0 Å². The summed E-state index contributed by atoms with van der Waals surface area (Å²) in [6.07, 6.45) is 0. The Morgan fingerprint density at radius 1 is 1.25 bits per heavy atom. The van der Waals surface area contributed by atoms with Crippen LogP contribution in [0, 0.1) is 6.92 Å². The fraction of sp³-hybridized carbons (Fsp3) is 0.538. The number of hydrogen-bond donors (Lipinski definition) is 0. The summed E-state index contributed by atoms with van der Waals surface area (Å²) in [5.74, 6) is -2.46. The van der Waals surface area contributed by atoms with Crippen LogP contribution in [0.15, 0.2) is 12.1 Å². The van der Waals surface area contributed by atoms with Crippen LogP contribution in [-0.4, -0.2) is 6.61 Å². The minimum absolute atomic E-state index is 0.0694. The number of fused-ring (bicyclic) bond motifs is 1. The summed E-state index contributed by atoms with van der Waals surface area (Å²) >= 11 is 0. The Kier molecular flexibility index (Phi) is 2.26. The lowest BCUT2D eigenvalue weighted by Gasteiger charge is -2.22. The lowest BCUT2D eigenvalue weighted by Crippen LogP contribution is -2.15. The SMILES string of the molecule is Cc1ccc(C(C)(C)C)c2c1C(F)(F)CO2. The molecule has 0 atom stereocenters. The first-order valence-electron chi connectivity index (χ1n) is 5.39. The molecule has 1 aromatic carbocycles. The Labute approximate surface area is 94.4 Å². The predicted octanol–water partition coefficient (Wildman–Crippen LogP) is 3.78. The van der Waals surface area contributed by atoms with E-state index < -0.39 is 12.5 Å². The molecule has 1 aliphatic heterocycles. The van der Waals surface area contributed by atoms with Crippen molar-refractivity contribution in [3.05, 3.63) is 28.8 Å². The summed E-state index contributed by atoms with van der Waals surface area (Å²) in [4.78, 5) is 0. The van der Waals surface area contributed by atoms with E-state index >= 15 is 0 Å². The molecule has 0 saturated heterocycles. The van der Waals surface area contributed by atoms with Gasteiger partial charge in [0.25, 0.3) is 0 Å². The van der Waals surface area contributed by atoms with Crippen LogP contribution in [0.1, 0.15) is 37.5 Å². The summed E-state index contributed by atoms with van der Waals surface area (Å²) in [7, 11) is 0. The average Bonchev–Trinajstić information content (AvgIpc) is 2.41. The van der Waals surface area contributed by atoms with Crippen molar-refractivity contribution in [2.45, 2.75) is 39.0 Å². The van der Waals surface area contributed by atoms with Crippen LogP contribution in [0.5, 0.6) is 5.75 Å². The van der Waals surface area contributed by atoms with E-state index in [0.717, 1.165) is 5.56 Å². The zero-order valence-electron chi connectivity index (χ0n) is 10.0. The van der Waals surface area contributed by atoms with E-state index in [2.05, 4.69) is 0 Å². The summed E-state index contributed by atoms with van der Waals surface area (Å²) in [5.41, 5.74) is 1.34. The molecular weight excluding hydrogens is 210 g/mol. The minimum atomic E-state index is -2.85. The molecule has 1 aliphatic rings. The lowest BCUT2D eigenvalue weighted by molar-refractivity contribution is -0.0218. The highest BCUT2D eigenvalue weighted by Gasteiger charge is 2.44. The van der Waals surface area contributed by atoms with Crippen LogP contribution in [0.2, 0.25) is 0 Å². The molecule has 2 rings (SSSR count). The minimum Gasteiger partial charge on any atom is -0.486 e. The molecule has 0 bridgehead atoms. The van der Waals surface area contributed by atoms with Gasteiger partial charge in [0.15, 0.2) is 6.61 Å². The molecule has 88 valence electrons. The molecule has 16 heavy (non-hydrogen) atoms. The Morgan fingerprint density at radius 3 is 2.44 bits per heavy atom. The molecule has 0 aromatic heterocycles. The first-order chi connectivity index (χ1) is 7.23. The van der Waals surface area contributed by atoms with E-state index in [1.54, 1.807) is 13.0 Å². The van der Waals surface area contributed by atoms with Crippen molar-refractivity contribution in [2.75, 3.05) is 6.61 Å². The molecular formula is C13H16F2O. The lowest BCUT2D eigenvalue weighted by atomic mass is 9.84. The van der Waals surface area contributed by atoms with Crippen molar-refractivity contribution < 1.29 is 13.5 Å². The average molecular weight is 226 g/mol. The molecule has 1 aromatic rings. The molecule has 0 radical (unpaired) electrons. The van der Waals surface area contributed by atoms with Crippen LogP contribution in [0.4, 0.5) is 8.78 Å². The number of alkyl halides is 2. The van der Waals surface area contributed by atoms with Crippen LogP contribution >= 0.6 is 0 Å². The van der Waals surface area contributed by atoms with Gasteiger partial charge in [0.05, 0.1) is 5.56 Å². The van der Waals surface area contributed by atoms with Crippen LogP contribution < -0.4 is 4.74 Å². The quantitative estimate of drug-likeness (QED) is 0.654. The topological polar surface area (TPSA) is 9.23 Å². The molecule has 0 aliphatic carbocycles. The molecule has 0 saturated carbocycles. The summed E-state index contributed by atoms with van der Waals surface area (Å²) < 4.78 is 32.5. The van der Waals surface area contributed by atoms with Gasteiger partial charge >= 0.3 is 5.92 Å². The molecule has 1 heterocycles. The number of rotatable bonds is 0. The Balaban J connectivity index is 2.68. The first-order valence-corrected chi connectivity index (χ1v) is 5.39. The number of benzene rings is 1. The number of aryl methyl sites for hydroxylation is 1. The van der Waals surface area contributed by atoms with Gasteiger partial charge in [-0.15, -0.1) is 0 Å². The Hall–Kier alpha value is -1.12.